The van der Waals surface area contributed by atoms with Gasteiger partial charge in [-0.1, -0.05) is 35.9 Å². The van der Waals surface area contributed by atoms with Crippen molar-refractivity contribution in [2.75, 3.05) is 0 Å². The fourth-order valence-electron chi connectivity index (χ4n) is 3.21. The highest BCUT2D eigenvalue weighted by molar-refractivity contribution is 6.31. The van der Waals surface area contributed by atoms with E-state index in [0.29, 0.717) is 27.5 Å². The number of aryl methyl sites for hydroxylation is 1. The van der Waals surface area contributed by atoms with E-state index < -0.39 is 5.97 Å². The predicted octanol–water partition coefficient (Wildman–Crippen LogP) is 4.72. The fourth-order valence-corrected chi connectivity index (χ4v) is 3.54. The average Bonchev–Trinajstić information content (AvgIpc) is 3.27. The van der Waals surface area contributed by atoms with Crippen LogP contribution in [0.4, 0.5) is 0 Å². The number of para-hydroxylation sites is 1. The Kier molecular flexibility index (Phi) is 5.38. The van der Waals surface area contributed by atoms with Gasteiger partial charge in [-0.25, -0.2) is 9.48 Å². The SMILES string of the molecule is Cc1nn(-c2ccccc2)c(Cl)c1/C=C\C(=O)OCc1cn2ccccc2c1C#N. The van der Waals surface area contributed by atoms with Crippen LogP contribution >= 0.6 is 11.6 Å². The lowest BCUT2D eigenvalue weighted by Crippen LogP contribution is -2.01. The largest absolute Gasteiger partial charge is 0.458 e. The van der Waals surface area contributed by atoms with E-state index in [1.54, 1.807) is 17.0 Å². The summed E-state index contributed by atoms with van der Waals surface area (Å²) < 4.78 is 8.78. The summed E-state index contributed by atoms with van der Waals surface area (Å²) in [5.74, 6) is -0.530. The first-order valence-electron chi connectivity index (χ1n) is 9.22. The molecule has 4 aromatic rings. The van der Waals surface area contributed by atoms with Crippen molar-refractivity contribution in [3.8, 4) is 11.8 Å². The molecule has 6 nitrogen and oxygen atoms in total. The Bertz CT molecular complexity index is 1300. The molecule has 3 aromatic heterocycles. The molecule has 30 heavy (non-hydrogen) atoms. The van der Waals surface area contributed by atoms with E-state index in [9.17, 15) is 10.1 Å². The zero-order chi connectivity index (χ0) is 21.1. The third-order valence-corrected chi connectivity index (χ3v) is 5.04. The van der Waals surface area contributed by atoms with Crippen LogP contribution in [0.25, 0.3) is 17.3 Å². The number of halogens is 1. The normalized spacial score (nSPS) is 11.1. The molecule has 0 amide bonds. The number of benzene rings is 1. The summed E-state index contributed by atoms with van der Waals surface area (Å²) in [5, 5.41) is 14.3. The summed E-state index contributed by atoms with van der Waals surface area (Å²) in [6.07, 6.45) is 6.54. The number of fused-ring (bicyclic) bond motifs is 1. The van der Waals surface area contributed by atoms with E-state index in [2.05, 4.69) is 11.2 Å². The van der Waals surface area contributed by atoms with Crippen LogP contribution in [-0.2, 0) is 16.1 Å². The maximum absolute atomic E-state index is 12.2. The van der Waals surface area contributed by atoms with Crippen molar-refractivity contribution in [2.24, 2.45) is 0 Å². The lowest BCUT2D eigenvalue weighted by atomic mass is 10.2. The molecule has 0 N–H and O–H groups in total. The molecule has 0 radical (unpaired) electrons. The summed E-state index contributed by atoms with van der Waals surface area (Å²) in [7, 11) is 0. The molecule has 0 bridgehead atoms. The zero-order valence-corrected chi connectivity index (χ0v) is 16.9. The molecule has 148 valence electrons. The number of pyridine rings is 1. The molecular formula is C23H17ClN4O2. The van der Waals surface area contributed by atoms with Crippen LogP contribution in [0.5, 0.6) is 0 Å². The Hall–Kier alpha value is -3.82. The maximum Gasteiger partial charge on any atom is 0.331 e. The van der Waals surface area contributed by atoms with Gasteiger partial charge in [0.25, 0.3) is 0 Å². The van der Waals surface area contributed by atoms with Gasteiger partial charge in [-0.3, -0.25) is 0 Å². The number of nitrogens with zero attached hydrogens (tertiary/aromatic N) is 4. The average molecular weight is 417 g/mol. The summed E-state index contributed by atoms with van der Waals surface area (Å²) in [6, 6.07) is 17.3. The van der Waals surface area contributed by atoms with Crippen molar-refractivity contribution in [1.29, 1.82) is 5.26 Å². The summed E-state index contributed by atoms with van der Waals surface area (Å²) in [4.78, 5) is 12.2. The number of carbonyl (C=O) groups excluding carboxylic acids is 1. The quantitative estimate of drug-likeness (QED) is 0.348. The van der Waals surface area contributed by atoms with Crippen molar-refractivity contribution in [3.63, 3.8) is 0 Å². The minimum absolute atomic E-state index is 0.00371. The number of hydrogen-bond acceptors (Lipinski definition) is 4. The lowest BCUT2D eigenvalue weighted by Gasteiger charge is -2.02. The Morgan fingerprint density at radius 2 is 2.00 bits per heavy atom. The van der Waals surface area contributed by atoms with E-state index in [4.69, 9.17) is 16.3 Å². The first-order chi connectivity index (χ1) is 14.6. The molecule has 0 aliphatic carbocycles. The van der Waals surface area contributed by atoms with Gasteiger partial charge < -0.3 is 9.14 Å². The first-order valence-corrected chi connectivity index (χ1v) is 9.60. The second-order valence-electron chi connectivity index (χ2n) is 6.61. The second kappa shape index (κ2) is 8.27. The van der Waals surface area contributed by atoms with Gasteiger partial charge in [0.05, 0.1) is 22.5 Å². The highest BCUT2D eigenvalue weighted by Gasteiger charge is 2.14. The summed E-state index contributed by atoms with van der Waals surface area (Å²) in [6.45, 7) is 1.83. The molecular weight excluding hydrogens is 400 g/mol. The molecule has 0 aliphatic heterocycles. The standard InChI is InChI=1S/C23H17ClN4O2/c1-16-19(23(24)28(26-16)18-7-3-2-4-8-18)10-11-22(29)30-15-17-14-27-12-6-5-9-21(27)20(17)13-25/h2-12,14H,15H2,1H3/b11-10-. The van der Waals surface area contributed by atoms with Gasteiger partial charge in [-0.15, -0.1) is 0 Å². The van der Waals surface area contributed by atoms with Crippen LogP contribution in [0.2, 0.25) is 5.15 Å². The van der Waals surface area contributed by atoms with E-state index in [0.717, 1.165) is 11.2 Å². The molecule has 0 spiro atoms. The van der Waals surface area contributed by atoms with Crippen LogP contribution in [-0.4, -0.2) is 20.2 Å². The van der Waals surface area contributed by atoms with Gasteiger partial charge in [-0.2, -0.15) is 10.4 Å². The zero-order valence-electron chi connectivity index (χ0n) is 16.1. The molecule has 0 fully saturated rings. The maximum atomic E-state index is 12.2. The Balaban J connectivity index is 1.49. The molecule has 0 atom stereocenters. The predicted molar refractivity (Wildman–Crippen MR) is 114 cm³/mol. The van der Waals surface area contributed by atoms with E-state index in [1.807, 2.05) is 66.1 Å². The van der Waals surface area contributed by atoms with Crippen LogP contribution in [0.1, 0.15) is 22.4 Å². The molecule has 0 saturated heterocycles. The van der Waals surface area contributed by atoms with Gasteiger partial charge in [0.1, 0.15) is 17.8 Å². The Morgan fingerprint density at radius 3 is 2.77 bits per heavy atom. The van der Waals surface area contributed by atoms with Gasteiger partial charge in [-0.05, 0) is 37.3 Å². The fraction of sp³-hybridized carbons (Fsp3) is 0.0870. The lowest BCUT2D eigenvalue weighted by molar-refractivity contribution is -0.138. The monoisotopic (exact) mass is 416 g/mol. The van der Waals surface area contributed by atoms with E-state index >= 15 is 0 Å². The first kappa shape index (κ1) is 19.5. The number of nitriles is 1. The van der Waals surface area contributed by atoms with Crippen LogP contribution in [0.3, 0.4) is 0 Å². The summed E-state index contributed by atoms with van der Waals surface area (Å²) >= 11 is 6.46. The Labute approximate surface area is 178 Å². The minimum Gasteiger partial charge on any atom is -0.458 e. The number of ether oxygens (including phenoxy) is 1. The van der Waals surface area contributed by atoms with Gasteiger partial charge in [0, 0.05) is 29.6 Å². The Morgan fingerprint density at radius 1 is 1.23 bits per heavy atom. The number of aromatic nitrogens is 3. The molecule has 0 saturated carbocycles. The van der Waals surface area contributed by atoms with E-state index in [-0.39, 0.29) is 6.61 Å². The second-order valence-corrected chi connectivity index (χ2v) is 6.97. The van der Waals surface area contributed by atoms with E-state index in [1.165, 1.54) is 6.08 Å². The van der Waals surface area contributed by atoms with Gasteiger partial charge >= 0.3 is 5.97 Å². The third kappa shape index (κ3) is 3.71. The van der Waals surface area contributed by atoms with Crippen LogP contribution in [0.15, 0.2) is 67.0 Å². The number of carbonyl (C=O) groups is 1. The van der Waals surface area contributed by atoms with Crippen molar-refractivity contribution in [2.45, 2.75) is 13.5 Å². The van der Waals surface area contributed by atoms with Crippen molar-refractivity contribution in [3.05, 3.63) is 94.5 Å². The highest BCUT2D eigenvalue weighted by atomic mass is 35.5. The van der Waals surface area contributed by atoms with Crippen LogP contribution in [0, 0.1) is 18.3 Å². The highest BCUT2D eigenvalue weighted by Crippen LogP contribution is 2.25. The topological polar surface area (TPSA) is 72.3 Å². The number of hydrogen-bond donors (Lipinski definition) is 0. The van der Waals surface area contributed by atoms with Gasteiger partial charge in [0.2, 0.25) is 0 Å². The summed E-state index contributed by atoms with van der Waals surface area (Å²) in [5.41, 5.74) is 4.09. The van der Waals surface area contributed by atoms with Crippen molar-refractivity contribution < 1.29 is 9.53 Å². The molecule has 4 rings (SSSR count). The minimum atomic E-state index is -0.530. The number of esters is 1. The molecule has 1 aromatic carbocycles. The van der Waals surface area contributed by atoms with Crippen molar-refractivity contribution >= 4 is 29.2 Å². The molecule has 3 heterocycles. The number of rotatable bonds is 5. The third-order valence-electron chi connectivity index (χ3n) is 4.68. The molecule has 0 aliphatic rings. The molecule has 7 heteroatoms. The van der Waals surface area contributed by atoms with Gasteiger partial charge in [0.15, 0.2) is 0 Å². The van der Waals surface area contributed by atoms with Crippen LogP contribution < -0.4 is 0 Å². The molecule has 0 unspecified atom stereocenters. The smallest absolute Gasteiger partial charge is 0.331 e. The van der Waals surface area contributed by atoms with Crippen molar-refractivity contribution in [1.82, 2.24) is 14.2 Å².